The molecule has 1 aliphatic carbocycles. The van der Waals surface area contributed by atoms with Gasteiger partial charge in [-0.1, -0.05) is 33.6 Å². The standard InChI is InChI=1S/C16H33NO/c1-5-8-13-9-10-16(18)14(11-13)12-17(4)15(6-2)7-3/h13-16,18H,5-12H2,1-4H3. The van der Waals surface area contributed by atoms with E-state index in [1.807, 2.05) is 0 Å². The molecule has 1 N–H and O–H groups in total. The lowest BCUT2D eigenvalue weighted by molar-refractivity contribution is 0.0224. The lowest BCUT2D eigenvalue weighted by Gasteiger charge is -2.37. The number of hydrogen-bond acceptors (Lipinski definition) is 2. The summed E-state index contributed by atoms with van der Waals surface area (Å²) in [4.78, 5) is 2.47. The Morgan fingerprint density at radius 3 is 2.39 bits per heavy atom. The average Bonchev–Trinajstić information content (AvgIpc) is 2.35. The number of aliphatic hydroxyl groups excluding tert-OH is 1. The number of rotatable bonds is 7. The second kappa shape index (κ2) is 8.16. The number of aliphatic hydroxyl groups is 1. The van der Waals surface area contributed by atoms with E-state index in [0.717, 1.165) is 18.9 Å². The molecule has 0 spiro atoms. The molecule has 0 amide bonds. The van der Waals surface area contributed by atoms with Crippen molar-refractivity contribution < 1.29 is 5.11 Å². The molecule has 0 aromatic heterocycles. The molecule has 1 aliphatic rings. The molecule has 0 aliphatic heterocycles. The Labute approximate surface area is 114 Å². The Bertz CT molecular complexity index is 215. The second-order valence-corrected chi connectivity index (χ2v) is 6.21. The molecule has 0 bridgehead atoms. The summed E-state index contributed by atoms with van der Waals surface area (Å²) >= 11 is 0. The SMILES string of the molecule is CCCC1CCC(O)C(CN(C)C(CC)CC)C1. The summed E-state index contributed by atoms with van der Waals surface area (Å²) in [7, 11) is 2.23. The molecule has 0 aromatic rings. The predicted molar refractivity (Wildman–Crippen MR) is 78.7 cm³/mol. The first-order chi connectivity index (χ1) is 8.62. The van der Waals surface area contributed by atoms with Crippen LogP contribution in [0.15, 0.2) is 0 Å². The molecule has 108 valence electrons. The molecule has 0 aromatic carbocycles. The average molecular weight is 255 g/mol. The highest BCUT2D eigenvalue weighted by Crippen LogP contribution is 2.33. The minimum absolute atomic E-state index is 0.0603. The summed E-state index contributed by atoms with van der Waals surface area (Å²) in [6, 6.07) is 0.684. The lowest BCUT2D eigenvalue weighted by Crippen LogP contribution is -2.41. The van der Waals surface area contributed by atoms with Gasteiger partial charge in [-0.25, -0.2) is 0 Å². The Balaban J connectivity index is 2.47. The highest BCUT2D eigenvalue weighted by Gasteiger charge is 2.30. The largest absolute Gasteiger partial charge is 0.393 e. The molecule has 1 saturated carbocycles. The van der Waals surface area contributed by atoms with Crippen LogP contribution in [0.4, 0.5) is 0 Å². The quantitative estimate of drug-likeness (QED) is 0.750. The fraction of sp³-hybridized carbons (Fsp3) is 1.00. The van der Waals surface area contributed by atoms with Crippen molar-refractivity contribution in [3.63, 3.8) is 0 Å². The number of hydrogen-bond donors (Lipinski definition) is 1. The highest BCUT2D eigenvalue weighted by atomic mass is 16.3. The molecular weight excluding hydrogens is 222 g/mol. The Kier molecular flexibility index (Phi) is 7.25. The third-order valence-corrected chi connectivity index (χ3v) is 4.84. The van der Waals surface area contributed by atoms with Crippen LogP contribution in [0.1, 0.15) is 65.7 Å². The van der Waals surface area contributed by atoms with Crippen molar-refractivity contribution >= 4 is 0 Å². The van der Waals surface area contributed by atoms with Crippen molar-refractivity contribution in [2.45, 2.75) is 77.9 Å². The van der Waals surface area contributed by atoms with Crippen molar-refractivity contribution in [2.75, 3.05) is 13.6 Å². The van der Waals surface area contributed by atoms with Crippen LogP contribution in [-0.4, -0.2) is 35.7 Å². The topological polar surface area (TPSA) is 23.5 Å². The van der Waals surface area contributed by atoms with E-state index in [1.165, 1.54) is 38.5 Å². The summed E-state index contributed by atoms with van der Waals surface area (Å²) in [5.41, 5.74) is 0. The van der Waals surface area contributed by atoms with Crippen molar-refractivity contribution in [3.05, 3.63) is 0 Å². The van der Waals surface area contributed by atoms with Crippen molar-refractivity contribution in [1.82, 2.24) is 4.90 Å². The fourth-order valence-corrected chi connectivity index (χ4v) is 3.64. The van der Waals surface area contributed by atoms with Gasteiger partial charge < -0.3 is 10.0 Å². The van der Waals surface area contributed by atoms with Crippen LogP contribution in [0.3, 0.4) is 0 Å². The maximum atomic E-state index is 10.2. The number of nitrogens with zero attached hydrogens (tertiary/aromatic N) is 1. The van der Waals surface area contributed by atoms with Gasteiger partial charge in [0.05, 0.1) is 6.10 Å². The van der Waals surface area contributed by atoms with E-state index in [1.54, 1.807) is 0 Å². The van der Waals surface area contributed by atoms with Gasteiger partial charge >= 0.3 is 0 Å². The highest BCUT2D eigenvalue weighted by molar-refractivity contribution is 4.82. The summed E-state index contributed by atoms with van der Waals surface area (Å²) in [5, 5.41) is 10.2. The first-order valence-electron chi connectivity index (χ1n) is 8.00. The van der Waals surface area contributed by atoms with Crippen LogP contribution in [0.2, 0.25) is 0 Å². The van der Waals surface area contributed by atoms with Crippen LogP contribution >= 0.6 is 0 Å². The zero-order valence-corrected chi connectivity index (χ0v) is 12.9. The van der Waals surface area contributed by atoms with Gasteiger partial charge in [0.15, 0.2) is 0 Å². The van der Waals surface area contributed by atoms with E-state index >= 15 is 0 Å². The molecule has 2 nitrogen and oxygen atoms in total. The van der Waals surface area contributed by atoms with Crippen LogP contribution in [0, 0.1) is 11.8 Å². The monoisotopic (exact) mass is 255 g/mol. The van der Waals surface area contributed by atoms with Gasteiger partial charge in [-0.2, -0.15) is 0 Å². The van der Waals surface area contributed by atoms with Crippen molar-refractivity contribution in [2.24, 2.45) is 11.8 Å². The molecule has 0 radical (unpaired) electrons. The van der Waals surface area contributed by atoms with Gasteiger partial charge in [0.25, 0.3) is 0 Å². The fourth-order valence-electron chi connectivity index (χ4n) is 3.64. The van der Waals surface area contributed by atoms with Crippen LogP contribution in [0.25, 0.3) is 0 Å². The third kappa shape index (κ3) is 4.55. The van der Waals surface area contributed by atoms with Gasteiger partial charge in [-0.15, -0.1) is 0 Å². The second-order valence-electron chi connectivity index (χ2n) is 6.21. The van der Waals surface area contributed by atoms with Crippen molar-refractivity contribution in [1.29, 1.82) is 0 Å². The van der Waals surface area contributed by atoms with E-state index in [-0.39, 0.29) is 6.10 Å². The van der Waals surface area contributed by atoms with Crippen molar-refractivity contribution in [3.8, 4) is 0 Å². The van der Waals surface area contributed by atoms with Gasteiger partial charge in [0, 0.05) is 12.6 Å². The zero-order chi connectivity index (χ0) is 13.5. The summed E-state index contributed by atoms with van der Waals surface area (Å²) < 4.78 is 0. The Morgan fingerprint density at radius 2 is 1.83 bits per heavy atom. The zero-order valence-electron chi connectivity index (χ0n) is 12.9. The van der Waals surface area contributed by atoms with Gasteiger partial charge in [-0.05, 0) is 51.0 Å². The molecule has 1 rings (SSSR count). The minimum Gasteiger partial charge on any atom is -0.393 e. The lowest BCUT2D eigenvalue weighted by atomic mass is 9.77. The Hall–Kier alpha value is -0.0800. The molecule has 3 atom stereocenters. The first kappa shape index (κ1) is 16.0. The molecule has 0 saturated heterocycles. The van der Waals surface area contributed by atoms with Crippen LogP contribution in [-0.2, 0) is 0 Å². The smallest absolute Gasteiger partial charge is 0.0580 e. The molecule has 2 heteroatoms. The van der Waals surface area contributed by atoms with Crippen LogP contribution in [0.5, 0.6) is 0 Å². The van der Waals surface area contributed by atoms with Gasteiger partial charge in [0.2, 0.25) is 0 Å². The maximum Gasteiger partial charge on any atom is 0.0580 e. The predicted octanol–water partition coefficient (Wildman–Crippen LogP) is 3.68. The first-order valence-corrected chi connectivity index (χ1v) is 8.00. The molecule has 1 fully saturated rings. The Morgan fingerprint density at radius 1 is 1.17 bits per heavy atom. The summed E-state index contributed by atoms with van der Waals surface area (Å²) in [6.45, 7) is 7.88. The van der Waals surface area contributed by atoms with E-state index in [4.69, 9.17) is 0 Å². The molecule has 0 heterocycles. The third-order valence-electron chi connectivity index (χ3n) is 4.84. The minimum atomic E-state index is -0.0603. The van der Waals surface area contributed by atoms with E-state index in [2.05, 4.69) is 32.7 Å². The maximum absolute atomic E-state index is 10.2. The van der Waals surface area contributed by atoms with E-state index < -0.39 is 0 Å². The summed E-state index contributed by atoms with van der Waals surface area (Å²) in [6.07, 6.45) is 8.50. The van der Waals surface area contributed by atoms with Gasteiger partial charge in [-0.3, -0.25) is 0 Å². The van der Waals surface area contributed by atoms with E-state index in [9.17, 15) is 5.11 Å². The molecule has 18 heavy (non-hydrogen) atoms. The normalized spacial score (nSPS) is 29.2. The summed E-state index contributed by atoms with van der Waals surface area (Å²) in [5.74, 6) is 1.36. The van der Waals surface area contributed by atoms with Gasteiger partial charge in [0.1, 0.15) is 0 Å². The molecular formula is C16H33NO. The van der Waals surface area contributed by atoms with E-state index in [0.29, 0.717) is 12.0 Å². The molecule has 3 unspecified atom stereocenters. The van der Waals surface area contributed by atoms with Crippen LogP contribution < -0.4 is 0 Å².